The van der Waals surface area contributed by atoms with Gasteiger partial charge in [0.15, 0.2) is 0 Å². The Kier molecular flexibility index (Phi) is 11.3. The van der Waals surface area contributed by atoms with Crippen molar-refractivity contribution in [2.24, 2.45) is 11.3 Å². The second-order valence-corrected chi connectivity index (χ2v) is 17.4. The summed E-state index contributed by atoms with van der Waals surface area (Å²) in [6, 6.07) is 13.6. The Balaban J connectivity index is 1.50. The standard InChI is InChI=1S/C39H52N4O8S/c1-8-10-20-51-36(47)40-32(37(4,5)6)34(45)43-24-38(50-7,28-16-19-30(25(3)21-28)26-14-12-11-13-15-26)23-31(43)33(44)41-39(22-27(39)9-2)35(46)42-52(48,49)29-17-18-29/h9,11-16,19,21,27,29,31-32H,2,8,10,17-18,20,22-24H2,1,3-7H3,(H,40,47)(H,41,44)(H,42,46)/t27-,31+,32-,38+,39-/m1/s1. The summed E-state index contributed by atoms with van der Waals surface area (Å²) in [6.07, 6.45) is 3.37. The van der Waals surface area contributed by atoms with Crippen LogP contribution >= 0.6 is 0 Å². The van der Waals surface area contributed by atoms with Gasteiger partial charge in [-0.2, -0.15) is 0 Å². The molecule has 2 aromatic rings. The molecule has 0 radical (unpaired) electrons. The van der Waals surface area contributed by atoms with Crippen molar-refractivity contribution in [1.82, 2.24) is 20.3 Å². The van der Waals surface area contributed by atoms with E-state index in [0.717, 1.165) is 28.7 Å². The molecule has 0 unspecified atom stereocenters. The van der Waals surface area contributed by atoms with E-state index in [1.807, 2.05) is 62.4 Å². The van der Waals surface area contributed by atoms with E-state index in [4.69, 9.17) is 9.47 Å². The van der Waals surface area contributed by atoms with E-state index in [1.165, 1.54) is 18.1 Å². The van der Waals surface area contributed by atoms with Crippen LogP contribution < -0.4 is 15.4 Å². The van der Waals surface area contributed by atoms with E-state index < -0.39 is 73.6 Å². The minimum Gasteiger partial charge on any atom is -0.450 e. The second kappa shape index (κ2) is 15.0. The SMILES string of the molecule is C=C[C@@H]1C[C@]1(NC(=O)[C@@H]1C[C@@](OC)(c2ccc(-c3ccccc3)c(C)c2)CN1C(=O)[C@@H](NC(=O)OCCCC)C(C)(C)C)C(=O)NS(=O)(=O)C1CC1. The van der Waals surface area contributed by atoms with Gasteiger partial charge < -0.3 is 25.0 Å². The number of likely N-dealkylation sites (tertiary alicyclic amines) is 1. The summed E-state index contributed by atoms with van der Waals surface area (Å²) in [4.78, 5) is 57.0. The third-order valence-electron chi connectivity index (χ3n) is 10.5. The van der Waals surface area contributed by atoms with Crippen LogP contribution in [0, 0.1) is 18.3 Å². The molecule has 5 rings (SSSR count). The van der Waals surface area contributed by atoms with Gasteiger partial charge >= 0.3 is 6.09 Å². The van der Waals surface area contributed by atoms with Crippen LogP contribution in [0.2, 0.25) is 0 Å². The molecule has 2 aliphatic carbocycles. The number of amides is 4. The Labute approximate surface area is 307 Å². The summed E-state index contributed by atoms with van der Waals surface area (Å²) >= 11 is 0. The zero-order valence-electron chi connectivity index (χ0n) is 31.0. The van der Waals surface area contributed by atoms with Gasteiger partial charge in [-0.1, -0.05) is 88.7 Å². The van der Waals surface area contributed by atoms with Crippen LogP contribution in [0.4, 0.5) is 4.79 Å². The highest BCUT2D eigenvalue weighted by atomic mass is 32.2. The molecule has 3 fully saturated rings. The molecule has 3 N–H and O–H groups in total. The third kappa shape index (κ3) is 8.05. The molecule has 3 aliphatic rings. The average Bonchev–Trinajstić information content (AvgIpc) is 4.03. The van der Waals surface area contributed by atoms with Crippen molar-refractivity contribution >= 4 is 33.8 Å². The smallest absolute Gasteiger partial charge is 0.407 e. The molecule has 282 valence electrons. The summed E-state index contributed by atoms with van der Waals surface area (Å²) in [5.41, 5.74) is 0.286. The van der Waals surface area contributed by atoms with E-state index in [0.29, 0.717) is 19.3 Å². The number of ether oxygens (including phenoxy) is 2. The topological polar surface area (TPSA) is 160 Å². The van der Waals surface area contributed by atoms with E-state index >= 15 is 0 Å². The molecule has 0 bridgehead atoms. The number of nitrogens with one attached hydrogen (secondary N) is 3. The van der Waals surface area contributed by atoms with Crippen molar-refractivity contribution < 1.29 is 37.1 Å². The normalized spacial score (nSPS) is 24.8. The molecule has 1 aliphatic heterocycles. The first-order valence-electron chi connectivity index (χ1n) is 18.0. The minimum absolute atomic E-state index is 0.0276. The van der Waals surface area contributed by atoms with Crippen molar-refractivity contribution in [3.63, 3.8) is 0 Å². The highest BCUT2D eigenvalue weighted by molar-refractivity contribution is 7.91. The van der Waals surface area contributed by atoms with Gasteiger partial charge in [0.25, 0.3) is 5.91 Å². The first kappa shape index (κ1) is 39.0. The van der Waals surface area contributed by atoms with Crippen molar-refractivity contribution in [1.29, 1.82) is 0 Å². The molecule has 1 heterocycles. The average molecular weight is 737 g/mol. The molecule has 0 spiro atoms. The molecule has 52 heavy (non-hydrogen) atoms. The number of alkyl carbamates (subject to hydrolysis) is 1. The van der Waals surface area contributed by atoms with Crippen molar-refractivity contribution in [2.45, 2.75) is 102 Å². The third-order valence-corrected chi connectivity index (χ3v) is 12.3. The molecule has 4 amide bonds. The molecular weight excluding hydrogens is 685 g/mol. The maximum absolute atomic E-state index is 14.7. The van der Waals surface area contributed by atoms with E-state index in [1.54, 1.807) is 20.8 Å². The monoisotopic (exact) mass is 736 g/mol. The van der Waals surface area contributed by atoms with E-state index in [9.17, 15) is 27.6 Å². The lowest BCUT2D eigenvalue weighted by atomic mass is 9.85. The van der Waals surface area contributed by atoms with Crippen LogP contribution in [0.1, 0.15) is 77.3 Å². The van der Waals surface area contributed by atoms with Gasteiger partial charge in [0, 0.05) is 19.4 Å². The molecule has 0 aromatic heterocycles. The summed E-state index contributed by atoms with van der Waals surface area (Å²) in [7, 11) is -2.37. The van der Waals surface area contributed by atoms with Gasteiger partial charge in [-0.05, 0) is 60.3 Å². The molecule has 2 aromatic carbocycles. The zero-order chi connectivity index (χ0) is 38.1. The Morgan fingerprint density at radius 1 is 1.08 bits per heavy atom. The maximum Gasteiger partial charge on any atom is 0.407 e. The van der Waals surface area contributed by atoms with E-state index in [-0.39, 0.29) is 26.0 Å². The number of rotatable bonds is 14. The highest BCUT2D eigenvalue weighted by Crippen LogP contribution is 2.47. The van der Waals surface area contributed by atoms with Crippen LogP contribution in [0.5, 0.6) is 0 Å². The molecule has 1 saturated heterocycles. The summed E-state index contributed by atoms with van der Waals surface area (Å²) in [5.74, 6) is -2.52. The van der Waals surface area contributed by atoms with Gasteiger partial charge in [-0.15, -0.1) is 6.58 Å². The fourth-order valence-electron chi connectivity index (χ4n) is 7.00. The fraction of sp³-hybridized carbons (Fsp3) is 0.538. The number of methoxy groups -OCH3 is 1. The number of nitrogens with zero attached hydrogens (tertiary/aromatic N) is 1. The Bertz CT molecular complexity index is 1810. The minimum atomic E-state index is -3.90. The van der Waals surface area contributed by atoms with Gasteiger partial charge in [-0.25, -0.2) is 13.2 Å². The quantitative estimate of drug-likeness (QED) is 0.186. The lowest BCUT2D eigenvalue weighted by molar-refractivity contribution is -0.143. The maximum atomic E-state index is 14.7. The fourth-order valence-corrected chi connectivity index (χ4v) is 8.37. The van der Waals surface area contributed by atoms with Crippen LogP contribution in [0.3, 0.4) is 0 Å². The first-order valence-corrected chi connectivity index (χ1v) is 19.5. The molecule has 2 saturated carbocycles. The molecular formula is C39H52N4O8S. The number of benzene rings is 2. The molecule has 12 nitrogen and oxygen atoms in total. The van der Waals surface area contributed by atoms with Crippen LogP contribution in [-0.4, -0.2) is 80.3 Å². The van der Waals surface area contributed by atoms with Gasteiger partial charge in [0.2, 0.25) is 21.8 Å². The number of carbonyl (C=O) groups excluding carboxylic acids is 4. The van der Waals surface area contributed by atoms with Crippen LogP contribution in [0.25, 0.3) is 11.1 Å². The van der Waals surface area contributed by atoms with Gasteiger partial charge in [-0.3, -0.25) is 19.1 Å². The Morgan fingerprint density at radius 2 is 1.77 bits per heavy atom. The lowest BCUT2D eigenvalue weighted by Crippen LogP contribution is -2.60. The second-order valence-electron chi connectivity index (χ2n) is 15.4. The van der Waals surface area contributed by atoms with Gasteiger partial charge in [0.1, 0.15) is 23.2 Å². The van der Waals surface area contributed by atoms with E-state index in [2.05, 4.69) is 21.9 Å². The number of aryl methyl sites for hydroxylation is 1. The summed E-state index contributed by atoms with van der Waals surface area (Å²) in [5, 5.41) is 4.94. The number of carbonyl (C=O) groups is 4. The van der Waals surface area contributed by atoms with Crippen molar-refractivity contribution in [2.75, 3.05) is 20.3 Å². The predicted molar refractivity (Wildman–Crippen MR) is 197 cm³/mol. The van der Waals surface area contributed by atoms with Crippen molar-refractivity contribution in [3.8, 4) is 11.1 Å². The Hall–Kier alpha value is -4.23. The lowest BCUT2D eigenvalue weighted by Gasteiger charge is -2.36. The summed E-state index contributed by atoms with van der Waals surface area (Å²) < 4.78 is 39.2. The van der Waals surface area contributed by atoms with Crippen molar-refractivity contribution in [3.05, 3.63) is 72.3 Å². The van der Waals surface area contributed by atoms with Gasteiger partial charge in [0.05, 0.1) is 18.4 Å². The number of hydrogen-bond acceptors (Lipinski definition) is 8. The zero-order valence-corrected chi connectivity index (χ0v) is 31.8. The molecule has 13 heteroatoms. The highest BCUT2D eigenvalue weighted by Gasteiger charge is 2.62. The first-order chi connectivity index (χ1) is 24.5. The number of hydrogen-bond donors (Lipinski definition) is 3. The van der Waals surface area contributed by atoms with Crippen LogP contribution in [-0.2, 0) is 39.5 Å². The largest absolute Gasteiger partial charge is 0.450 e. The predicted octanol–water partition coefficient (Wildman–Crippen LogP) is 4.71. The number of unbranched alkanes of at least 4 members (excludes halogenated alkanes) is 1. The Morgan fingerprint density at radius 3 is 2.33 bits per heavy atom. The summed E-state index contributed by atoms with van der Waals surface area (Å²) in [6.45, 7) is 13.3. The van der Waals surface area contributed by atoms with Crippen LogP contribution in [0.15, 0.2) is 61.2 Å². The number of sulfonamides is 1. The molecule has 5 atom stereocenters.